The molecule has 5 heteroatoms. The predicted molar refractivity (Wildman–Crippen MR) is 94.4 cm³/mol. The molecule has 0 bridgehead atoms. The smallest absolute Gasteiger partial charge is 0.261 e. The van der Waals surface area contributed by atoms with Gasteiger partial charge >= 0.3 is 0 Å². The molecule has 1 aromatic heterocycles. The number of Topliss-reactive ketones (excluding diaryl/α,β-unsaturated/α-hetero) is 1. The summed E-state index contributed by atoms with van der Waals surface area (Å²) in [5, 5.41) is 0. The van der Waals surface area contributed by atoms with Gasteiger partial charge in [0.2, 0.25) is 0 Å². The Kier molecular flexibility index (Phi) is 5.43. The van der Waals surface area contributed by atoms with E-state index in [1.165, 1.54) is 0 Å². The van der Waals surface area contributed by atoms with Crippen LogP contribution >= 0.6 is 0 Å². The molecule has 130 valence electrons. The highest BCUT2D eigenvalue weighted by atomic mass is 16.5. The Morgan fingerprint density at radius 2 is 1.80 bits per heavy atom. The highest BCUT2D eigenvalue weighted by molar-refractivity contribution is 5.95. The number of benzene rings is 1. The van der Waals surface area contributed by atoms with Crippen LogP contribution in [-0.2, 0) is 11.3 Å². The summed E-state index contributed by atoms with van der Waals surface area (Å²) < 4.78 is 5.62. The van der Waals surface area contributed by atoms with Gasteiger partial charge in [-0.3, -0.25) is 14.6 Å². The van der Waals surface area contributed by atoms with Crippen LogP contribution in [0.1, 0.15) is 42.1 Å². The number of hydrogen-bond acceptors (Lipinski definition) is 4. The van der Waals surface area contributed by atoms with E-state index in [0.717, 1.165) is 18.4 Å². The fourth-order valence-electron chi connectivity index (χ4n) is 2.66. The highest BCUT2D eigenvalue weighted by Crippen LogP contribution is 2.28. The molecule has 1 heterocycles. The second kappa shape index (κ2) is 7.92. The Bertz CT molecular complexity index is 724. The number of rotatable bonds is 8. The Morgan fingerprint density at radius 1 is 1.12 bits per heavy atom. The Labute approximate surface area is 147 Å². The number of pyridine rings is 1. The number of nitrogens with zero attached hydrogens (tertiary/aromatic N) is 2. The lowest BCUT2D eigenvalue weighted by Gasteiger charge is -2.22. The second-order valence-corrected chi connectivity index (χ2v) is 6.20. The summed E-state index contributed by atoms with van der Waals surface area (Å²) in [5.74, 6) is 0.675. The quantitative estimate of drug-likeness (QED) is 0.693. The molecule has 5 nitrogen and oxygen atoms in total. The minimum atomic E-state index is -0.0203. The van der Waals surface area contributed by atoms with Crippen molar-refractivity contribution in [1.82, 2.24) is 9.88 Å². The number of carbonyl (C=O) groups is 2. The molecule has 25 heavy (non-hydrogen) atoms. The lowest BCUT2D eigenvalue weighted by molar-refractivity contribution is -0.134. The van der Waals surface area contributed by atoms with Crippen molar-refractivity contribution in [2.24, 2.45) is 0 Å². The van der Waals surface area contributed by atoms with E-state index in [1.807, 2.05) is 24.0 Å². The van der Waals surface area contributed by atoms with Crippen LogP contribution in [0.15, 0.2) is 48.8 Å². The molecular formula is C20H22N2O3. The fourth-order valence-corrected chi connectivity index (χ4v) is 2.66. The molecule has 0 unspecified atom stereocenters. The summed E-state index contributed by atoms with van der Waals surface area (Å²) in [6.45, 7) is 2.42. The predicted octanol–water partition coefficient (Wildman–Crippen LogP) is 3.24. The normalized spacial score (nSPS) is 13.3. The fraction of sp³-hybridized carbons (Fsp3) is 0.350. The van der Waals surface area contributed by atoms with Crippen LogP contribution in [0.25, 0.3) is 0 Å². The molecule has 1 aliphatic carbocycles. The first-order valence-electron chi connectivity index (χ1n) is 8.62. The van der Waals surface area contributed by atoms with Crippen molar-refractivity contribution in [3.8, 4) is 5.75 Å². The van der Waals surface area contributed by atoms with E-state index in [2.05, 4.69) is 4.98 Å². The number of carbonyl (C=O) groups excluding carboxylic acids is 2. The molecule has 0 aliphatic heterocycles. The average molecular weight is 338 g/mol. The molecule has 0 saturated heterocycles. The lowest BCUT2D eigenvalue weighted by Crippen LogP contribution is -2.36. The van der Waals surface area contributed by atoms with E-state index >= 15 is 0 Å². The SMILES string of the molecule is CCC(=O)c1ccc(OCC(=O)N(Cc2ccncc2)C2CC2)cc1. The Hall–Kier alpha value is -2.69. The minimum absolute atomic E-state index is 0.00263. The summed E-state index contributed by atoms with van der Waals surface area (Å²) in [6, 6.07) is 11.1. The Morgan fingerprint density at radius 3 is 2.40 bits per heavy atom. The maximum Gasteiger partial charge on any atom is 0.261 e. The standard InChI is InChI=1S/C20H22N2O3/c1-2-19(23)16-3-7-18(8-4-16)25-14-20(24)22(17-5-6-17)13-15-9-11-21-12-10-15/h3-4,7-12,17H,2,5-6,13-14H2,1H3. The third-order valence-electron chi connectivity index (χ3n) is 4.27. The van der Waals surface area contributed by atoms with Gasteiger partial charge in [0.15, 0.2) is 12.4 Å². The molecule has 0 radical (unpaired) electrons. The van der Waals surface area contributed by atoms with Crippen LogP contribution < -0.4 is 4.74 Å². The maximum atomic E-state index is 12.6. The van der Waals surface area contributed by atoms with Gasteiger partial charge in [-0.15, -0.1) is 0 Å². The topological polar surface area (TPSA) is 59.5 Å². The number of aromatic nitrogens is 1. The molecule has 3 rings (SSSR count). The van der Waals surface area contributed by atoms with Crippen molar-refractivity contribution >= 4 is 11.7 Å². The van der Waals surface area contributed by atoms with Crippen molar-refractivity contribution < 1.29 is 14.3 Å². The summed E-state index contributed by atoms with van der Waals surface area (Å²) in [5.41, 5.74) is 1.73. The van der Waals surface area contributed by atoms with E-state index in [-0.39, 0.29) is 18.3 Å². The summed E-state index contributed by atoms with van der Waals surface area (Å²) in [4.78, 5) is 30.1. The molecule has 1 amide bonds. The molecule has 1 aromatic carbocycles. The largest absolute Gasteiger partial charge is 0.484 e. The molecule has 2 aromatic rings. The van der Waals surface area contributed by atoms with Crippen molar-refractivity contribution in [2.45, 2.75) is 38.8 Å². The zero-order chi connectivity index (χ0) is 17.6. The van der Waals surface area contributed by atoms with Gasteiger partial charge in [-0.2, -0.15) is 0 Å². The monoisotopic (exact) mass is 338 g/mol. The second-order valence-electron chi connectivity index (χ2n) is 6.20. The first-order chi connectivity index (χ1) is 12.2. The first-order valence-corrected chi connectivity index (χ1v) is 8.62. The van der Waals surface area contributed by atoms with E-state index in [9.17, 15) is 9.59 Å². The zero-order valence-corrected chi connectivity index (χ0v) is 14.4. The van der Waals surface area contributed by atoms with Gasteiger partial charge in [-0.1, -0.05) is 6.92 Å². The van der Waals surface area contributed by atoms with Gasteiger partial charge in [0.05, 0.1) is 0 Å². The van der Waals surface area contributed by atoms with Crippen LogP contribution in [0.4, 0.5) is 0 Å². The number of ketones is 1. The number of hydrogen-bond donors (Lipinski definition) is 0. The molecular weight excluding hydrogens is 316 g/mol. The summed E-state index contributed by atoms with van der Waals surface area (Å²) in [6.07, 6.45) is 6.04. The molecule has 0 N–H and O–H groups in total. The van der Waals surface area contributed by atoms with E-state index in [1.54, 1.807) is 36.7 Å². The van der Waals surface area contributed by atoms with E-state index in [4.69, 9.17) is 4.74 Å². The number of amides is 1. The highest BCUT2D eigenvalue weighted by Gasteiger charge is 2.32. The molecule has 1 fully saturated rings. The third-order valence-corrected chi connectivity index (χ3v) is 4.27. The van der Waals surface area contributed by atoms with Gasteiger partial charge in [0, 0.05) is 37.0 Å². The van der Waals surface area contributed by atoms with Crippen LogP contribution in [-0.4, -0.2) is 34.2 Å². The maximum absolute atomic E-state index is 12.6. The average Bonchev–Trinajstić information content (AvgIpc) is 3.50. The van der Waals surface area contributed by atoms with Gasteiger partial charge in [-0.05, 0) is 54.8 Å². The summed E-state index contributed by atoms with van der Waals surface area (Å²) in [7, 11) is 0. The van der Waals surface area contributed by atoms with Gasteiger partial charge < -0.3 is 9.64 Å². The number of ether oxygens (including phenoxy) is 1. The van der Waals surface area contributed by atoms with Crippen molar-refractivity contribution in [2.75, 3.05) is 6.61 Å². The van der Waals surface area contributed by atoms with Crippen LogP contribution in [0.2, 0.25) is 0 Å². The van der Waals surface area contributed by atoms with Crippen molar-refractivity contribution in [3.05, 3.63) is 59.9 Å². The third kappa shape index (κ3) is 4.66. The zero-order valence-electron chi connectivity index (χ0n) is 14.4. The Balaban J connectivity index is 1.57. The molecule has 1 saturated carbocycles. The van der Waals surface area contributed by atoms with Crippen LogP contribution in [0.3, 0.4) is 0 Å². The van der Waals surface area contributed by atoms with Gasteiger partial charge in [-0.25, -0.2) is 0 Å². The molecule has 0 atom stereocenters. The minimum Gasteiger partial charge on any atom is -0.484 e. The van der Waals surface area contributed by atoms with Crippen LogP contribution in [0, 0.1) is 0 Å². The molecule has 0 spiro atoms. The van der Waals surface area contributed by atoms with Gasteiger partial charge in [0.25, 0.3) is 5.91 Å². The summed E-state index contributed by atoms with van der Waals surface area (Å²) >= 11 is 0. The van der Waals surface area contributed by atoms with Crippen molar-refractivity contribution in [3.63, 3.8) is 0 Å². The van der Waals surface area contributed by atoms with Gasteiger partial charge in [0.1, 0.15) is 5.75 Å². The molecule has 1 aliphatic rings. The van der Waals surface area contributed by atoms with E-state index < -0.39 is 0 Å². The first kappa shape index (κ1) is 17.1. The lowest BCUT2D eigenvalue weighted by atomic mass is 10.1. The van der Waals surface area contributed by atoms with E-state index in [0.29, 0.717) is 30.3 Å². The van der Waals surface area contributed by atoms with Crippen molar-refractivity contribution in [1.29, 1.82) is 0 Å². The van der Waals surface area contributed by atoms with Crippen LogP contribution in [0.5, 0.6) is 5.75 Å².